The molecule has 2 aliphatic carbocycles. The highest BCUT2D eigenvalue weighted by Gasteiger charge is 2.29. The van der Waals surface area contributed by atoms with Crippen LogP contribution in [-0.2, 0) is 9.53 Å². The van der Waals surface area contributed by atoms with Crippen LogP contribution in [0, 0.1) is 5.92 Å². The fourth-order valence-corrected chi connectivity index (χ4v) is 5.09. The quantitative estimate of drug-likeness (QED) is 0.718. The van der Waals surface area contributed by atoms with E-state index >= 15 is 0 Å². The highest BCUT2D eigenvalue weighted by molar-refractivity contribution is 7.15. The summed E-state index contributed by atoms with van der Waals surface area (Å²) >= 11 is 1.63. The van der Waals surface area contributed by atoms with Crippen molar-refractivity contribution in [3.8, 4) is 0 Å². The number of amides is 2. The molecule has 0 aromatic carbocycles. The van der Waals surface area contributed by atoms with Gasteiger partial charge in [-0.25, -0.2) is 9.78 Å². The lowest BCUT2D eigenvalue weighted by Crippen LogP contribution is -2.42. The Morgan fingerprint density at radius 1 is 1.07 bits per heavy atom. The third-order valence-electron chi connectivity index (χ3n) is 5.58. The number of rotatable bonds is 4. The molecule has 0 radical (unpaired) electrons. The maximum atomic E-state index is 12.6. The minimum atomic E-state index is -0.495. The second-order valence-corrected chi connectivity index (χ2v) is 10.1. The summed E-state index contributed by atoms with van der Waals surface area (Å²) in [5.74, 6) is 0.658. The highest BCUT2D eigenvalue weighted by Crippen LogP contribution is 2.37. The van der Waals surface area contributed by atoms with E-state index in [2.05, 4.69) is 15.6 Å². The zero-order valence-corrected chi connectivity index (χ0v) is 18.1. The van der Waals surface area contributed by atoms with Crippen molar-refractivity contribution in [2.75, 3.05) is 5.32 Å². The summed E-state index contributed by atoms with van der Waals surface area (Å²) in [6, 6.07) is 0.0802. The van der Waals surface area contributed by atoms with E-state index in [1.54, 1.807) is 11.3 Å². The maximum Gasteiger partial charge on any atom is 0.407 e. The summed E-state index contributed by atoms with van der Waals surface area (Å²) in [7, 11) is 0. The largest absolute Gasteiger partial charge is 0.444 e. The summed E-state index contributed by atoms with van der Waals surface area (Å²) in [4.78, 5) is 30.2. The fraction of sp³-hybridized carbons (Fsp3) is 0.762. The minimum Gasteiger partial charge on any atom is -0.444 e. The number of hydrogen-bond acceptors (Lipinski definition) is 5. The summed E-state index contributed by atoms with van der Waals surface area (Å²) in [5, 5.41) is 6.66. The first-order valence-corrected chi connectivity index (χ1v) is 11.4. The van der Waals surface area contributed by atoms with Crippen LogP contribution in [0.2, 0.25) is 0 Å². The summed E-state index contributed by atoms with van der Waals surface area (Å²) in [5.41, 5.74) is -0.495. The van der Waals surface area contributed by atoms with Crippen molar-refractivity contribution < 1.29 is 14.3 Å². The molecular formula is C21H33N3O3S. The zero-order valence-electron chi connectivity index (χ0n) is 17.3. The van der Waals surface area contributed by atoms with Gasteiger partial charge in [-0.2, -0.15) is 0 Å². The van der Waals surface area contributed by atoms with Gasteiger partial charge in [0.05, 0.1) is 0 Å². The fourth-order valence-electron chi connectivity index (χ4n) is 4.10. The summed E-state index contributed by atoms with van der Waals surface area (Å²) in [6.07, 6.45) is 11.1. The Morgan fingerprint density at radius 3 is 2.39 bits per heavy atom. The molecule has 0 unspecified atom stereocenters. The number of ether oxygens (including phenoxy) is 1. The van der Waals surface area contributed by atoms with E-state index in [1.807, 2.05) is 27.0 Å². The number of carbonyl (C=O) groups is 2. The Balaban J connectivity index is 1.43. The van der Waals surface area contributed by atoms with Crippen molar-refractivity contribution in [3.05, 3.63) is 11.1 Å². The number of anilines is 1. The van der Waals surface area contributed by atoms with Crippen LogP contribution in [0.5, 0.6) is 0 Å². The van der Waals surface area contributed by atoms with Gasteiger partial charge in [0.15, 0.2) is 5.13 Å². The van der Waals surface area contributed by atoms with E-state index in [9.17, 15) is 9.59 Å². The van der Waals surface area contributed by atoms with Gasteiger partial charge >= 0.3 is 6.09 Å². The number of nitrogens with zero attached hydrogens (tertiary/aromatic N) is 1. The van der Waals surface area contributed by atoms with Gasteiger partial charge in [0.25, 0.3) is 0 Å². The lowest BCUT2D eigenvalue weighted by atomic mass is 9.85. The van der Waals surface area contributed by atoms with Gasteiger partial charge in [-0.05, 0) is 65.2 Å². The van der Waals surface area contributed by atoms with Gasteiger partial charge in [0.2, 0.25) is 5.91 Å². The van der Waals surface area contributed by atoms with Gasteiger partial charge in [0.1, 0.15) is 5.60 Å². The van der Waals surface area contributed by atoms with Crippen molar-refractivity contribution in [3.63, 3.8) is 0 Å². The molecule has 2 N–H and O–H groups in total. The Kier molecular flexibility index (Phi) is 6.96. The molecule has 2 amide bonds. The predicted molar refractivity (Wildman–Crippen MR) is 112 cm³/mol. The van der Waals surface area contributed by atoms with E-state index in [0.29, 0.717) is 5.92 Å². The first kappa shape index (κ1) is 21.1. The van der Waals surface area contributed by atoms with Crippen LogP contribution < -0.4 is 10.6 Å². The van der Waals surface area contributed by atoms with Crippen LogP contribution in [-0.4, -0.2) is 28.6 Å². The molecule has 1 heterocycles. The van der Waals surface area contributed by atoms with Crippen LogP contribution >= 0.6 is 11.3 Å². The number of nitrogens with one attached hydrogen (secondary N) is 2. The van der Waals surface area contributed by atoms with Crippen molar-refractivity contribution in [1.82, 2.24) is 10.3 Å². The molecule has 3 rings (SSSR count). The standard InChI is InChI=1S/C21H33N3O3S/c1-21(2,3)27-20(26)23-16-11-9-15(10-12-16)18(25)24-19-22-13-17(28-19)14-7-5-4-6-8-14/h13-16H,4-12H2,1-3H3,(H,23,26)(H,22,24,25). The Morgan fingerprint density at radius 2 is 1.75 bits per heavy atom. The molecule has 2 fully saturated rings. The third kappa shape index (κ3) is 6.19. The molecule has 1 aromatic heterocycles. The topological polar surface area (TPSA) is 80.3 Å². The number of carbonyl (C=O) groups excluding carboxylic acids is 2. The Hall–Kier alpha value is -1.63. The Bertz CT molecular complexity index is 669. The van der Waals surface area contributed by atoms with Gasteiger partial charge in [-0.1, -0.05) is 19.3 Å². The lowest BCUT2D eigenvalue weighted by Gasteiger charge is -2.29. The average molecular weight is 408 g/mol. The number of alkyl carbamates (subject to hydrolysis) is 1. The van der Waals surface area contributed by atoms with Crippen LogP contribution in [0.15, 0.2) is 6.20 Å². The summed E-state index contributed by atoms with van der Waals surface area (Å²) < 4.78 is 5.31. The SMILES string of the molecule is CC(C)(C)OC(=O)NC1CCC(C(=O)Nc2ncc(C3CCCCC3)s2)CC1. The molecule has 7 heteroatoms. The number of hydrogen-bond donors (Lipinski definition) is 2. The Labute approximate surface area is 171 Å². The number of aromatic nitrogens is 1. The maximum absolute atomic E-state index is 12.6. The first-order chi connectivity index (χ1) is 13.3. The van der Waals surface area contributed by atoms with E-state index in [0.717, 1.165) is 30.8 Å². The van der Waals surface area contributed by atoms with Gasteiger partial charge in [0, 0.05) is 23.0 Å². The second-order valence-electron chi connectivity index (χ2n) is 9.09. The molecule has 156 valence electrons. The molecule has 2 saturated carbocycles. The molecule has 28 heavy (non-hydrogen) atoms. The van der Waals surface area contributed by atoms with E-state index in [1.165, 1.54) is 37.0 Å². The first-order valence-electron chi connectivity index (χ1n) is 10.6. The van der Waals surface area contributed by atoms with Gasteiger partial charge < -0.3 is 15.4 Å². The normalized spacial score (nSPS) is 23.8. The molecule has 0 spiro atoms. The van der Waals surface area contributed by atoms with E-state index in [4.69, 9.17) is 4.74 Å². The monoisotopic (exact) mass is 407 g/mol. The molecule has 0 atom stereocenters. The average Bonchev–Trinajstić information content (AvgIpc) is 3.10. The van der Waals surface area contributed by atoms with Crippen molar-refractivity contribution in [1.29, 1.82) is 0 Å². The minimum absolute atomic E-state index is 0.0151. The number of thiazole rings is 1. The van der Waals surface area contributed by atoms with Crippen LogP contribution in [0.4, 0.5) is 9.93 Å². The summed E-state index contributed by atoms with van der Waals surface area (Å²) in [6.45, 7) is 5.56. The van der Waals surface area contributed by atoms with E-state index < -0.39 is 5.60 Å². The van der Waals surface area contributed by atoms with Crippen LogP contribution in [0.3, 0.4) is 0 Å². The van der Waals surface area contributed by atoms with Gasteiger partial charge in [-0.15, -0.1) is 11.3 Å². The molecular weight excluding hydrogens is 374 g/mol. The molecule has 0 saturated heterocycles. The van der Waals surface area contributed by atoms with E-state index in [-0.39, 0.29) is 24.0 Å². The van der Waals surface area contributed by atoms with Crippen LogP contribution in [0.25, 0.3) is 0 Å². The molecule has 2 aliphatic rings. The van der Waals surface area contributed by atoms with Gasteiger partial charge in [-0.3, -0.25) is 4.79 Å². The van der Waals surface area contributed by atoms with Crippen molar-refractivity contribution in [2.24, 2.45) is 5.92 Å². The lowest BCUT2D eigenvalue weighted by molar-refractivity contribution is -0.120. The van der Waals surface area contributed by atoms with Crippen molar-refractivity contribution >= 4 is 28.5 Å². The highest BCUT2D eigenvalue weighted by atomic mass is 32.1. The third-order valence-corrected chi connectivity index (χ3v) is 6.66. The smallest absolute Gasteiger partial charge is 0.407 e. The predicted octanol–water partition coefficient (Wildman–Crippen LogP) is 5.21. The van der Waals surface area contributed by atoms with Crippen molar-refractivity contribution in [2.45, 2.75) is 96.1 Å². The second kappa shape index (κ2) is 9.25. The van der Waals surface area contributed by atoms with Crippen LogP contribution in [0.1, 0.15) is 89.4 Å². The molecule has 6 nitrogen and oxygen atoms in total. The molecule has 0 bridgehead atoms. The zero-order chi connectivity index (χ0) is 20.1. The molecule has 0 aliphatic heterocycles. The molecule has 1 aromatic rings.